The van der Waals surface area contributed by atoms with Gasteiger partial charge in [-0.05, 0) is 50.8 Å². The molecule has 3 nitrogen and oxygen atoms in total. The molecule has 1 amide bonds. The minimum absolute atomic E-state index is 0.361. The highest BCUT2D eigenvalue weighted by Crippen LogP contribution is 2.31. The van der Waals surface area contributed by atoms with E-state index in [9.17, 15) is 9.90 Å². The maximum absolute atomic E-state index is 11.3. The van der Waals surface area contributed by atoms with E-state index in [-0.39, 0.29) is 5.54 Å². The van der Waals surface area contributed by atoms with E-state index in [1.807, 2.05) is 26.8 Å². The molecule has 5 heteroatoms. The van der Waals surface area contributed by atoms with Crippen molar-refractivity contribution in [1.29, 1.82) is 0 Å². The van der Waals surface area contributed by atoms with E-state index in [0.29, 0.717) is 6.54 Å². The second kappa shape index (κ2) is 5.97. The Morgan fingerprint density at radius 3 is 2.55 bits per heavy atom. The average Bonchev–Trinajstić information content (AvgIpc) is 2.96. The van der Waals surface area contributed by atoms with Crippen molar-refractivity contribution < 1.29 is 9.90 Å². The monoisotopic (exact) mass is 309 g/mol. The first kappa shape index (κ1) is 15.1. The van der Waals surface area contributed by atoms with Gasteiger partial charge in [0.2, 0.25) is 0 Å². The topological polar surface area (TPSA) is 40.5 Å². The molecule has 1 N–H and O–H groups in total. The molecule has 0 aromatic carbocycles. The summed E-state index contributed by atoms with van der Waals surface area (Å²) in [6.07, 6.45) is -0.0906. The average molecular weight is 309 g/mol. The van der Waals surface area contributed by atoms with E-state index >= 15 is 0 Å². The van der Waals surface area contributed by atoms with Crippen molar-refractivity contribution in [3.63, 3.8) is 0 Å². The predicted molar refractivity (Wildman–Crippen MR) is 85.8 cm³/mol. The quantitative estimate of drug-likeness (QED) is 0.881. The molecule has 108 valence electrons. The van der Waals surface area contributed by atoms with Crippen molar-refractivity contribution in [2.75, 3.05) is 6.54 Å². The molecule has 0 saturated carbocycles. The first-order chi connectivity index (χ1) is 9.38. The summed E-state index contributed by atoms with van der Waals surface area (Å²) in [4.78, 5) is 16.5. The third-order valence-corrected chi connectivity index (χ3v) is 5.26. The van der Waals surface area contributed by atoms with E-state index in [4.69, 9.17) is 0 Å². The van der Waals surface area contributed by atoms with Crippen molar-refractivity contribution in [2.24, 2.45) is 0 Å². The maximum Gasteiger partial charge on any atom is 0.407 e. The minimum Gasteiger partial charge on any atom is -0.465 e. The van der Waals surface area contributed by atoms with Crippen LogP contribution >= 0.6 is 22.7 Å². The molecule has 2 aromatic rings. The normalized spacial score (nSPS) is 11.6. The molecule has 0 aliphatic carbocycles. The van der Waals surface area contributed by atoms with Gasteiger partial charge in [-0.2, -0.15) is 0 Å². The first-order valence-corrected chi connectivity index (χ1v) is 8.20. The lowest BCUT2D eigenvalue weighted by Gasteiger charge is -2.33. The number of carbonyl (C=O) groups is 1. The van der Waals surface area contributed by atoms with Crippen LogP contribution in [0.5, 0.6) is 0 Å². The zero-order chi connectivity index (χ0) is 14.8. The molecule has 0 spiro atoms. The van der Waals surface area contributed by atoms with Gasteiger partial charge in [-0.15, -0.1) is 22.7 Å². The lowest BCUT2D eigenvalue weighted by atomic mass is 10.1. The van der Waals surface area contributed by atoms with E-state index in [0.717, 1.165) is 6.42 Å². The lowest BCUT2D eigenvalue weighted by Crippen LogP contribution is -2.45. The Kier molecular flexibility index (Phi) is 4.50. The van der Waals surface area contributed by atoms with Gasteiger partial charge in [-0.3, -0.25) is 0 Å². The van der Waals surface area contributed by atoms with Gasteiger partial charge in [0.05, 0.1) is 0 Å². The number of thiophene rings is 2. The van der Waals surface area contributed by atoms with Crippen molar-refractivity contribution in [3.8, 4) is 9.75 Å². The summed E-state index contributed by atoms with van der Waals surface area (Å²) in [6.45, 7) is 6.30. The van der Waals surface area contributed by atoms with Crippen molar-refractivity contribution >= 4 is 28.8 Å². The summed E-state index contributed by atoms with van der Waals surface area (Å²) in [5, 5.41) is 11.3. The molecule has 0 radical (unpaired) electrons. The first-order valence-electron chi connectivity index (χ1n) is 6.51. The highest BCUT2D eigenvalue weighted by Gasteiger charge is 2.25. The van der Waals surface area contributed by atoms with Crippen LogP contribution in [-0.2, 0) is 6.42 Å². The van der Waals surface area contributed by atoms with Crippen LogP contribution in [-0.4, -0.2) is 28.2 Å². The third-order valence-electron chi connectivity index (χ3n) is 3.05. The molecule has 0 saturated heterocycles. The fourth-order valence-corrected chi connectivity index (χ4v) is 3.83. The molecule has 0 aliphatic rings. The Balaban J connectivity index is 2.02. The van der Waals surface area contributed by atoms with Crippen LogP contribution in [0, 0.1) is 0 Å². The number of hydrogen-bond donors (Lipinski definition) is 1. The highest BCUT2D eigenvalue weighted by atomic mass is 32.1. The molecule has 0 bridgehead atoms. The Bertz CT molecular complexity index is 567. The van der Waals surface area contributed by atoms with Crippen molar-refractivity contribution in [3.05, 3.63) is 34.5 Å². The van der Waals surface area contributed by atoms with E-state index in [2.05, 4.69) is 23.6 Å². The fraction of sp³-hybridized carbons (Fsp3) is 0.400. The molecular weight excluding hydrogens is 290 g/mol. The van der Waals surface area contributed by atoms with Gasteiger partial charge in [0.25, 0.3) is 0 Å². The molecule has 2 rings (SSSR count). The predicted octanol–water partition coefficient (Wildman–Crippen LogP) is 4.80. The van der Waals surface area contributed by atoms with Crippen LogP contribution in [0.4, 0.5) is 4.79 Å². The van der Waals surface area contributed by atoms with Crippen LogP contribution in [0.25, 0.3) is 9.75 Å². The molecule has 0 unspecified atom stereocenters. The number of amides is 1. The SMILES string of the molecule is CC(C)(C)N(CCc1ccc(-c2cccs2)s1)C(=O)O. The van der Waals surface area contributed by atoms with Gasteiger partial charge >= 0.3 is 6.09 Å². The standard InChI is InChI=1S/C15H19NO2S2/c1-15(2,3)16(14(17)18)9-8-11-6-7-13(20-11)12-5-4-10-19-12/h4-7,10H,8-9H2,1-3H3,(H,17,18). The Labute approximate surface area is 127 Å². The molecule has 0 aliphatic heterocycles. The fourth-order valence-electron chi connectivity index (χ4n) is 2.00. The Morgan fingerprint density at radius 1 is 1.25 bits per heavy atom. The maximum atomic E-state index is 11.3. The number of nitrogens with zero attached hydrogens (tertiary/aromatic N) is 1. The Hall–Kier alpha value is -1.33. The molecule has 20 heavy (non-hydrogen) atoms. The zero-order valence-corrected chi connectivity index (χ0v) is 13.6. The van der Waals surface area contributed by atoms with Gasteiger partial charge in [-0.25, -0.2) is 4.79 Å². The van der Waals surface area contributed by atoms with Gasteiger partial charge in [-0.1, -0.05) is 6.07 Å². The van der Waals surface area contributed by atoms with Crippen molar-refractivity contribution in [2.45, 2.75) is 32.7 Å². The number of carboxylic acid groups (broad SMARTS) is 1. The molecular formula is C15H19NO2S2. The summed E-state index contributed by atoms with van der Waals surface area (Å²) in [7, 11) is 0. The van der Waals surface area contributed by atoms with E-state index in [1.54, 1.807) is 22.7 Å². The summed E-state index contributed by atoms with van der Waals surface area (Å²) in [6, 6.07) is 8.38. The van der Waals surface area contributed by atoms with Gasteiger partial charge in [0.1, 0.15) is 0 Å². The zero-order valence-electron chi connectivity index (χ0n) is 11.9. The Morgan fingerprint density at radius 2 is 2.00 bits per heavy atom. The van der Waals surface area contributed by atoms with Crippen LogP contribution in [0.3, 0.4) is 0 Å². The second-order valence-electron chi connectivity index (χ2n) is 5.60. The molecule has 2 heterocycles. The molecule has 2 aromatic heterocycles. The van der Waals surface area contributed by atoms with Crippen LogP contribution in [0.2, 0.25) is 0 Å². The molecule has 0 atom stereocenters. The second-order valence-corrected chi connectivity index (χ2v) is 7.71. The number of rotatable bonds is 4. The van der Waals surface area contributed by atoms with Crippen LogP contribution in [0.15, 0.2) is 29.6 Å². The van der Waals surface area contributed by atoms with Gasteiger partial charge < -0.3 is 10.0 Å². The van der Waals surface area contributed by atoms with Gasteiger partial charge in [0.15, 0.2) is 0 Å². The molecule has 0 fully saturated rings. The summed E-state index contributed by atoms with van der Waals surface area (Å²) < 4.78 is 0. The summed E-state index contributed by atoms with van der Waals surface area (Å²) >= 11 is 3.47. The lowest BCUT2D eigenvalue weighted by molar-refractivity contribution is 0.101. The van der Waals surface area contributed by atoms with Gasteiger partial charge in [0, 0.05) is 26.7 Å². The van der Waals surface area contributed by atoms with Crippen molar-refractivity contribution in [1.82, 2.24) is 4.90 Å². The van der Waals surface area contributed by atoms with Crippen LogP contribution < -0.4 is 0 Å². The minimum atomic E-state index is -0.854. The van der Waals surface area contributed by atoms with E-state index < -0.39 is 6.09 Å². The third kappa shape index (κ3) is 3.61. The highest BCUT2D eigenvalue weighted by molar-refractivity contribution is 7.21. The smallest absolute Gasteiger partial charge is 0.407 e. The van der Waals surface area contributed by atoms with E-state index in [1.165, 1.54) is 19.5 Å². The summed E-state index contributed by atoms with van der Waals surface area (Å²) in [5.74, 6) is 0. The largest absolute Gasteiger partial charge is 0.465 e. The number of hydrogen-bond acceptors (Lipinski definition) is 3. The van der Waals surface area contributed by atoms with Crippen LogP contribution in [0.1, 0.15) is 25.6 Å². The summed E-state index contributed by atoms with van der Waals surface area (Å²) in [5.41, 5.74) is -0.361.